The first-order chi connectivity index (χ1) is 57.7. The van der Waals surface area contributed by atoms with Gasteiger partial charge in [-0.05, 0) is 247 Å². The molecule has 6 aromatic heterocycles. The smallest absolute Gasteiger partial charge is 0.284 e. The van der Waals surface area contributed by atoms with E-state index in [9.17, 15) is 35.4 Å². The molecule has 3 fully saturated rings. The van der Waals surface area contributed by atoms with Crippen LogP contribution in [0.1, 0.15) is 146 Å². The molecule has 6 heterocycles. The molecule has 0 aliphatic heterocycles. The summed E-state index contributed by atoms with van der Waals surface area (Å²) in [5.74, 6) is 0.737. The summed E-state index contributed by atoms with van der Waals surface area (Å²) in [7, 11) is 2.17. The second-order valence-electron chi connectivity index (χ2n) is 30.4. The zero-order chi connectivity index (χ0) is 87.4. The number of nitrogens with two attached hydrogens (primary N) is 1. The Morgan fingerprint density at radius 3 is 1.20 bits per heavy atom. The van der Waals surface area contributed by atoms with Crippen LogP contribution in [0.3, 0.4) is 0 Å². The van der Waals surface area contributed by atoms with Crippen LogP contribution in [0.25, 0.3) is 24.3 Å². The Labute approximate surface area is 747 Å². The molecule has 0 bridgehead atoms. The number of benzene rings is 4. The quantitative estimate of drug-likeness (QED) is 0.0129. The molecule has 3 aliphatic rings. The van der Waals surface area contributed by atoms with Crippen LogP contribution in [0, 0.1) is 36.4 Å². The third-order valence-electron chi connectivity index (χ3n) is 21.0. The Hall–Kier alpha value is -9.23. The molecule has 4 aromatic carbocycles. The first-order valence-corrected chi connectivity index (χ1v) is 46.8. The molecule has 9 N–H and O–H groups in total. The molecule has 3 aliphatic carbocycles. The van der Waals surface area contributed by atoms with Crippen molar-refractivity contribution in [1.82, 2.24) is 59.6 Å². The highest BCUT2D eigenvalue weighted by atomic mass is 35.5. The van der Waals surface area contributed by atoms with E-state index in [1.54, 1.807) is 116 Å². The van der Waals surface area contributed by atoms with Crippen molar-refractivity contribution >= 4 is 130 Å². The molecule has 0 spiro atoms. The van der Waals surface area contributed by atoms with Crippen LogP contribution in [-0.4, -0.2) is 179 Å². The van der Waals surface area contributed by atoms with Gasteiger partial charge in [0, 0.05) is 121 Å². The van der Waals surface area contributed by atoms with E-state index in [4.69, 9.17) is 57.7 Å². The van der Waals surface area contributed by atoms with Crippen LogP contribution in [-0.2, 0) is 59.6 Å². The lowest BCUT2D eigenvalue weighted by Gasteiger charge is -2.32. The fourth-order valence-electron chi connectivity index (χ4n) is 14.0. The summed E-state index contributed by atoms with van der Waals surface area (Å²) in [6.45, 7) is 5.60. The maximum absolute atomic E-state index is 12.8. The molecule has 0 radical (unpaired) electrons. The number of nitrogens with one attached hydrogen (secondary N) is 3. The molecule has 13 rings (SSSR count). The largest absolute Gasteiger partial charge is 0.412 e. The third-order valence-corrected chi connectivity index (χ3v) is 28.2. The van der Waals surface area contributed by atoms with Crippen LogP contribution in [0.2, 0.25) is 20.4 Å². The zero-order valence-electron chi connectivity index (χ0n) is 70.2. The number of sulfone groups is 3. The molecule has 0 unspecified atom stereocenters. The van der Waals surface area contributed by atoms with E-state index in [0.29, 0.717) is 69.8 Å². The Morgan fingerprint density at radius 1 is 0.480 bits per heavy atom. The second kappa shape index (κ2) is 48.9. The number of nitro benzene ring substituents is 1. The van der Waals surface area contributed by atoms with Crippen molar-refractivity contribution in [2.45, 2.75) is 184 Å². The average molecular weight is 1840 g/mol. The van der Waals surface area contributed by atoms with Gasteiger partial charge < -0.3 is 42.0 Å². The fraction of sp³-hybridized carbons (Fsp3) is 0.368. The molecule has 28 nitrogen and oxygen atoms in total. The first-order valence-electron chi connectivity index (χ1n) is 39.5. The molecule has 3 saturated carbocycles. The van der Waals surface area contributed by atoms with Gasteiger partial charge in [-0.3, -0.25) is 25.1 Å². The predicted octanol–water partition coefficient (Wildman–Crippen LogP) is 16.8. The monoisotopic (exact) mass is 1830 g/mol. The normalized spacial score (nSPS) is 17.1. The van der Waals surface area contributed by atoms with E-state index >= 15 is 0 Å². The number of hydrogen-bond acceptors (Lipinski definition) is 26. The molecular formula is C87H110Cl4N18O10S4. The molecule has 0 amide bonds. The second-order valence-corrected chi connectivity index (χ2v) is 38.7. The number of halogens is 4. The Bertz CT molecular complexity index is 5510. The maximum atomic E-state index is 12.8. The predicted molar refractivity (Wildman–Crippen MR) is 494 cm³/mol. The number of nitrogens with zero attached hydrogens (tertiary/aromatic N) is 14. The van der Waals surface area contributed by atoms with Gasteiger partial charge in [-0.25, -0.2) is 55.2 Å². The summed E-state index contributed by atoms with van der Waals surface area (Å²) < 4.78 is 79.3. The average Bonchev–Trinajstić information content (AvgIpc) is 0.807. The van der Waals surface area contributed by atoms with Crippen molar-refractivity contribution in [2.24, 2.45) is 10.3 Å². The molecule has 10 aromatic rings. The van der Waals surface area contributed by atoms with E-state index in [0.717, 1.165) is 101 Å². The molecule has 0 saturated heterocycles. The third kappa shape index (κ3) is 31.7. The summed E-state index contributed by atoms with van der Waals surface area (Å²) in [6, 6.07) is 39.8. The number of rotatable bonds is 26. The number of anilines is 2. The van der Waals surface area contributed by atoms with Crippen molar-refractivity contribution in [3.05, 3.63) is 269 Å². The van der Waals surface area contributed by atoms with Gasteiger partial charge in [-0.1, -0.05) is 126 Å². The lowest BCUT2D eigenvalue weighted by molar-refractivity contribution is -0.387. The van der Waals surface area contributed by atoms with Crippen LogP contribution in [0.4, 0.5) is 17.6 Å². The number of pyridine rings is 3. The van der Waals surface area contributed by atoms with Gasteiger partial charge >= 0.3 is 0 Å². The SMILES string of the molecule is CN(C)C1CCC(N)CC1.Cc1nc(CS(=O)(=O)c2ccccc2Cl)ccc1/C=C/c1cnc(Cl)nc1.Cc1nc(CS(=O)(=O)c2ccccc2Cl)ccc1/C=C/c1cnc(NC2CCC(N(C)C)CC2)nc1.Cc1nc(CS(=O)(=O)c2ccccc2Cl)ccc1CCc1cnc(NC2CCC(N(C)C)CC2)nc1.N=NSc1ccccc1[N+](=O)[O-].O.O.[HH]. The van der Waals surface area contributed by atoms with Crippen LogP contribution < -0.4 is 16.4 Å². The van der Waals surface area contributed by atoms with Crippen molar-refractivity contribution in [3.8, 4) is 0 Å². The minimum atomic E-state index is -3.59. The van der Waals surface area contributed by atoms with E-state index in [2.05, 4.69) is 117 Å². The van der Waals surface area contributed by atoms with Gasteiger partial charge in [-0.2, -0.15) is 5.53 Å². The van der Waals surface area contributed by atoms with E-state index in [1.807, 2.05) is 75.7 Å². The summed E-state index contributed by atoms with van der Waals surface area (Å²) in [6.07, 6.45) is 34.0. The number of para-hydroxylation sites is 1. The summed E-state index contributed by atoms with van der Waals surface area (Å²) in [5, 5.41) is 18.2. The molecular weight excluding hydrogens is 1730 g/mol. The Morgan fingerprint density at radius 2 is 0.829 bits per heavy atom. The number of nitro groups is 1. The number of hydrogen-bond donors (Lipinski definition) is 4. The topological polar surface area (TPSA) is 421 Å². The van der Waals surface area contributed by atoms with E-state index in [1.165, 1.54) is 75.6 Å². The lowest BCUT2D eigenvalue weighted by Crippen LogP contribution is -2.36. The Balaban J connectivity index is 0.000000254. The van der Waals surface area contributed by atoms with Gasteiger partial charge in [0.15, 0.2) is 29.5 Å². The summed E-state index contributed by atoms with van der Waals surface area (Å²) in [4.78, 5) is 56.9. The minimum absolute atomic E-state index is 0. The van der Waals surface area contributed by atoms with E-state index < -0.39 is 34.4 Å². The Kier molecular flexibility index (Phi) is 40.1. The van der Waals surface area contributed by atoms with Crippen molar-refractivity contribution in [2.75, 3.05) is 52.9 Å². The maximum Gasteiger partial charge on any atom is 0.284 e. The molecule has 36 heteroatoms. The van der Waals surface area contributed by atoms with Crippen LogP contribution in [0.15, 0.2) is 195 Å². The fourth-order valence-corrected chi connectivity index (χ4v) is 20.1. The van der Waals surface area contributed by atoms with E-state index in [-0.39, 0.29) is 70.4 Å². The minimum Gasteiger partial charge on any atom is -0.412 e. The molecule has 660 valence electrons. The molecule has 0 atom stereocenters. The first kappa shape index (κ1) is 101. The van der Waals surface area contributed by atoms with Crippen molar-refractivity contribution in [3.63, 3.8) is 0 Å². The van der Waals surface area contributed by atoms with Crippen LogP contribution in [0.5, 0.6) is 0 Å². The zero-order valence-corrected chi connectivity index (χ0v) is 76.5. The van der Waals surface area contributed by atoms with Crippen molar-refractivity contribution < 1.29 is 42.6 Å². The van der Waals surface area contributed by atoms with Gasteiger partial charge in [0.25, 0.3) is 5.69 Å². The van der Waals surface area contributed by atoms with Gasteiger partial charge in [0.05, 0.1) is 69.0 Å². The summed E-state index contributed by atoms with van der Waals surface area (Å²) >= 11 is 24.6. The number of aryl methyl sites for hydroxylation is 5. The van der Waals surface area contributed by atoms with Crippen molar-refractivity contribution in [1.29, 1.82) is 5.53 Å². The molecule has 123 heavy (non-hydrogen) atoms. The van der Waals surface area contributed by atoms with Gasteiger partial charge in [-0.15, -0.1) is 4.52 Å². The van der Waals surface area contributed by atoms with Crippen LogP contribution >= 0.6 is 58.4 Å². The summed E-state index contributed by atoms with van der Waals surface area (Å²) in [5.41, 5.74) is 21.6. The van der Waals surface area contributed by atoms with Gasteiger partial charge in [0.1, 0.15) is 4.90 Å². The lowest BCUT2D eigenvalue weighted by atomic mass is 9.91. The van der Waals surface area contributed by atoms with Gasteiger partial charge in [0.2, 0.25) is 17.2 Å². The standard InChI is InChI=1S/C27H34ClN5O2S.C27H32ClN5O2S.C19H15Cl2N3O2S.C8H18N2.C6H5N3O2S.2H2O.H2/c2*1-19-21(10-11-23(31-19)18-36(34,35)26-7-5-4-6-25(26)28)9-8-20-16-29-27(30-17-20)32-22-12-14-24(15-13-22)33(2)3;1-13-15(7-6-14-10-22-19(21)23-11-14)8-9-16(24-13)12-27(25,26)18-5-3-2-4-17(18)20;1-10(2)8-5-3-7(9)4-6-8;7-8-12-6-4-2-1-3-5(6)9(10)11;;;/h4-7,10-11,16-17,22,24H,8-9,12-15,18H2,1-3H3,(H,29,30,32);4-11,16-17,22,24H,12-15,18H2,1-3H3,(H,29,30,32);2-11H,12H2,1H3;7-8H,3-6,9H2,1-2H3;1-4,7H;2*1H2;1H/b;9-8+;7-6+;;;;;. The highest BCUT2D eigenvalue weighted by Crippen LogP contribution is 2.32. The highest BCUT2D eigenvalue weighted by Gasteiger charge is 2.27. The highest BCUT2D eigenvalue weighted by molar-refractivity contribution is 7.98. The number of aromatic nitrogens is 9.